The zero-order valence-corrected chi connectivity index (χ0v) is 14.1. The van der Waals surface area contributed by atoms with Crippen molar-refractivity contribution < 1.29 is 13.5 Å². The fourth-order valence-corrected chi connectivity index (χ4v) is 3.46. The van der Waals surface area contributed by atoms with Crippen molar-refractivity contribution in [2.45, 2.75) is 24.8 Å². The maximum atomic E-state index is 12.1. The van der Waals surface area contributed by atoms with Crippen LogP contribution < -0.4 is 4.72 Å². The molecule has 1 atom stereocenters. The Bertz CT molecular complexity index is 963. The second-order valence-corrected chi connectivity index (χ2v) is 7.42. The van der Waals surface area contributed by atoms with Crippen LogP contribution in [0.2, 0.25) is 0 Å². The van der Waals surface area contributed by atoms with Crippen LogP contribution >= 0.6 is 0 Å². The average molecular weight is 346 g/mol. The van der Waals surface area contributed by atoms with Gasteiger partial charge in [0.2, 0.25) is 10.0 Å². The number of rotatable bonds is 5. The largest absolute Gasteiger partial charge is 0.392 e. The van der Waals surface area contributed by atoms with Gasteiger partial charge in [-0.15, -0.1) is 0 Å². The molecule has 0 bridgehead atoms. The molecule has 0 unspecified atom stereocenters. The van der Waals surface area contributed by atoms with Crippen LogP contribution in [0.15, 0.2) is 41.6 Å². The van der Waals surface area contributed by atoms with Gasteiger partial charge < -0.3 is 10.1 Å². The average Bonchev–Trinajstić information content (AvgIpc) is 2.93. The van der Waals surface area contributed by atoms with Gasteiger partial charge in [0.1, 0.15) is 10.5 Å². The number of nitrogens with zero attached hydrogens (tertiary/aromatic N) is 2. The highest BCUT2D eigenvalue weighted by Gasteiger charge is 2.16. The lowest BCUT2D eigenvalue weighted by molar-refractivity contribution is 0.198. The topological polar surface area (TPSA) is 108 Å². The molecule has 0 saturated carbocycles. The number of fused-ring (bicyclic) bond motifs is 1. The Morgan fingerprint density at radius 3 is 2.75 bits per heavy atom. The molecule has 7 nitrogen and oxygen atoms in total. The number of sulfonamides is 1. The smallest absolute Gasteiger partial charge is 0.242 e. The number of nitrogens with one attached hydrogen (secondary N) is 2. The van der Waals surface area contributed by atoms with Crippen LogP contribution in [0, 0.1) is 6.92 Å². The van der Waals surface area contributed by atoms with Gasteiger partial charge in [0.25, 0.3) is 0 Å². The molecule has 0 spiro atoms. The third-order valence-corrected chi connectivity index (χ3v) is 4.97. The fraction of sp³-hybridized carbons (Fsp3) is 0.250. The molecule has 3 heterocycles. The maximum absolute atomic E-state index is 12.1. The predicted molar refractivity (Wildman–Crippen MR) is 90.9 cm³/mol. The molecule has 3 aromatic heterocycles. The van der Waals surface area contributed by atoms with Gasteiger partial charge in [-0.25, -0.2) is 18.1 Å². The van der Waals surface area contributed by atoms with Gasteiger partial charge in [-0.2, -0.15) is 0 Å². The first-order valence-corrected chi connectivity index (χ1v) is 8.93. The fourth-order valence-electron chi connectivity index (χ4n) is 2.39. The molecule has 0 fully saturated rings. The second-order valence-electron chi connectivity index (χ2n) is 5.65. The molecule has 3 aromatic rings. The summed E-state index contributed by atoms with van der Waals surface area (Å²) in [5.74, 6) is 0. The van der Waals surface area contributed by atoms with Crippen molar-refractivity contribution in [3.05, 3.63) is 42.4 Å². The van der Waals surface area contributed by atoms with E-state index in [1.165, 1.54) is 19.2 Å². The van der Waals surface area contributed by atoms with E-state index in [-0.39, 0.29) is 11.4 Å². The SMILES string of the molecule is Cc1cc2c(-c3ccc(S(=O)(=O)NC[C@@H](C)O)cn3)ccnc2[nH]1. The molecule has 0 aliphatic carbocycles. The van der Waals surface area contributed by atoms with E-state index in [1.54, 1.807) is 12.3 Å². The number of hydrogen-bond acceptors (Lipinski definition) is 5. The summed E-state index contributed by atoms with van der Waals surface area (Å²) < 4.78 is 26.6. The standard InChI is InChI=1S/C16H18N4O3S/c1-10-7-14-13(5-6-17-16(14)20-10)15-4-3-12(9-18-15)24(22,23)19-8-11(2)21/h3-7,9,11,19,21H,8H2,1-2H3,(H,17,20)/t11-/m1/s1. The van der Waals surface area contributed by atoms with Gasteiger partial charge in [0, 0.05) is 35.6 Å². The molecule has 0 aliphatic heterocycles. The Balaban J connectivity index is 1.94. The van der Waals surface area contributed by atoms with Crippen LogP contribution in [0.5, 0.6) is 0 Å². The van der Waals surface area contributed by atoms with E-state index < -0.39 is 16.1 Å². The highest BCUT2D eigenvalue weighted by Crippen LogP contribution is 2.27. The monoisotopic (exact) mass is 346 g/mol. The summed E-state index contributed by atoms with van der Waals surface area (Å²) in [7, 11) is -3.68. The lowest BCUT2D eigenvalue weighted by Gasteiger charge is -2.09. The Hall–Kier alpha value is -2.29. The molecule has 8 heteroatoms. The van der Waals surface area contributed by atoms with E-state index in [4.69, 9.17) is 0 Å². The summed E-state index contributed by atoms with van der Waals surface area (Å²) in [4.78, 5) is 11.8. The van der Waals surface area contributed by atoms with E-state index >= 15 is 0 Å². The van der Waals surface area contributed by atoms with Crippen LogP contribution in [0.25, 0.3) is 22.3 Å². The first-order valence-electron chi connectivity index (χ1n) is 7.45. The zero-order valence-electron chi connectivity index (χ0n) is 13.3. The number of pyridine rings is 2. The minimum Gasteiger partial charge on any atom is -0.392 e. The molecule has 3 N–H and O–H groups in total. The highest BCUT2D eigenvalue weighted by molar-refractivity contribution is 7.89. The van der Waals surface area contributed by atoms with Crippen LogP contribution in [0.4, 0.5) is 0 Å². The minimum absolute atomic E-state index is 0.0440. The summed E-state index contributed by atoms with van der Waals surface area (Å²) >= 11 is 0. The van der Waals surface area contributed by atoms with Crippen molar-refractivity contribution >= 4 is 21.1 Å². The normalized spacial score (nSPS) is 13.3. The van der Waals surface area contributed by atoms with Crippen molar-refractivity contribution in [3.63, 3.8) is 0 Å². The van der Waals surface area contributed by atoms with Gasteiger partial charge in [-0.3, -0.25) is 4.98 Å². The van der Waals surface area contributed by atoms with Gasteiger partial charge in [0.15, 0.2) is 0 Å². The minimum atomic E-state index is -3.68. The molecule has 126 valence electrons. The number of aromatic nitrogens is 3. The van der Waals surface area contributed by atoms with E-state index in [0.29, 0.717) is 5.69 Å². The molecular formula is C16H18N4O3S. The molecule has 0 radical (unpaired) electrons. The van der Waals surface area contributed by atoms with Crippen LogP contribution in [0.3, 0.4) is 0 Å². The lowest BCUT2D eigenvalue weighted by atomic mass is 10.1. The molecule has 0 saturated heterocycles. The first kappa shape index (κ1) is 16.6. The highest BCUT2D eigenvalue weighted by atomic mass is 32.2. The lowest BCUT2D eigenvalue weighted by Crippen LogP contribution is -2.30. The number of aliphatic hydroxyl groups is 1. The van der Waals surface area contributed by atoms with Crippen molar-refractivity contribution in [3.8, 4) is 11.3 Å². The van der Waals surface area contributed by atoms with Gasteiger partial charge in [-0.05, 0) is 38.1 Å². The zero-order chi connectivity index (χ0) is 17.3. The van der Waals surface area contributed by atoms with Gasteiger partial charge in [0.05, 0.1) is 11.8 Å². The van der Waals surface area contributed by atoms with Gasteiger partial charge >= 0.3 is 0 Å². The molecule has 0 amide bonds. The predicted octanol–water partition coefficient (Wildman–Crippen LogP) is 1.59. The second kappa shape index (κ2) is 6.31. The van der Waals surface area contributed by atoms with Gasteiger partial charge in [-0.1, -0.05) is 0 Å². The third kappa shape index (κ3) is 3.30. The quantitative estimate of drug-likeness (QED) is 0.650. The number of aryl methyl sites for hydroxylation is 1. The molecule has 0 aliphatic rings. The van der Waals surface area contributed by atoms with Crippen LogP contribution in [-0.2, 0) is 10.0 Å². The summed E-state index contributed by atoms with van der Waals surface area (Å²) in [6.45, 7) is 3.41. The van der Waals surface area contributed by atoms with E-state index in [0.717, 1.165) is 22.3 Å². The number of H-pyrrole nitrogens is 1. The van der Waals surface area contributed by atoms with E-state index in [9.17, 15) is 13.5 Å². The number of aromatic amines is 1. The summed E-state index contributed by atoms with van der Waals surface area (Å²) in [6, 6.07) is 6.98. The Labute approximate surface area is 139 Å². The number of hydrogen-bond donors (Lipinski definition) is 3. The van der Waals surface area contributed by atoms with Crippen LogP contribution in [0.1, 0.15) is 12.6 Å². The summed E-state index contributed by atoms with van der Waals surface area (Å²) in [5.41, 5.74) is 3.30. The molecule has 0 aromatic carbocycles. The Kier molecular flexibility index (Phi) is 4.35. The summed E-state index contributed by atoms with van der Waals surface area (Å²) in [6.07, 6.45) is 2.24. The van der Waals surface area contributed by atoms with E-state index in [1.807, 2.05) is 19.1 Å². The summed E-state index contributed by atoms with van der Waals surface area (Å²) in [5, 5.41) is 10.1. The van der Waals surface area contributed by atoms with Crippen molar-refractivity contribution in [2.75, 3.05) is 6.54 Å². The van der Waals surface area contributed by atoms with E-state index in [2.05, 4.69) is 19.7 Å². The van der Waals surface area contributed by atoms with Crippen molar-refractivity contribution in [1.29, 1.82) is 0 Å². The Morgan fingerprint density at radius 1 is 1.29 bits per heavy atom. The van der Waals surface area contributed by atoms with Crippen molar-refractivity contribution in [1.82, 2.24) is 19.7 Å². The number of aliphatic hydroxyl groups excluding tert-OH is 1. The van der Waals surface area contributed by atoms with Crippen molar-refractivity contribution in [2.24, 2.45) is 0 Å². The maximum Gasteiger partial charge on any atom is 0.242 e. The first-order chi connectivity index (χ1) is 11.4. The third-order valence-electron chi connectivity index (χ3n) is 3.56. The van der Waals surface area contributed by atoms with Crippen LogP contribution in [-0.4, -0.2) is 41.1 Å². The molecule has 3 rings (SSSR count). The molecular weight excluding hydrogens is 328 g/mol. The molecule has 24 heavy (non-hydrogen) atoms. The Morgan fingerprint density at radius 2 is 2.08 bits per heavy atom.